The number of esters is 2. The first-order chi connectivity index (χ1) is 9.51. The molecule has 2 saturated heterocycles. The first-order valence-electron chi connectivity index (χ1n) is 7.68. The van der Waals surface area contributed by atoms with Crippen molar-refractivity contribution in [1.82, 2.24) is 5.32 Å². The summed E-state index contributed by atoms with van der Waals surface area (Å²) >= 11 is 0. The van der Waals surface area contributed by atoms with Gasteiger partial charge in [-0.15, -0.1) is 0 Å². The van der Waals surface area contributed by atoms with Crippen LogP contribution in [0.5, 0.6) is 0 Å². The van der Waals surface area contributed by atoms with Gasteiger partial charge in [0.2, 0.25) is 0 Å². The van der Waals surface area contributed by atoms with Crippen LogP contribution in [0.3, 0.4) is 0 Å². The number of rotatable bonds is 4. The number of hydrogen-bond acceptors (Lipinski definition) is 5. The fraction of sp³-hybridized carbons (Fsp3) is 0.867. The molecule has 20 heavy (non-hydrogen) atoms. The molecule has 5 atom stereocenters. The van der Waals surface area contributed by atoms with E-state index in [0.717, 1.165) is 25.8 Å². The molecule has 5 heteroatoms. The molecule has 0 amide bonds. The predicted octanol–water partition coefficient (Wildman–Crippen LogP) is 1.40. The van der Waals surface area contributed by atoms with Gasteiger partial charge in [0.15, 0.2) is 0 Å². The maximum Gasteiger partial charge on any atom is 0.323 e. The summed E-state index contributed by atoms with van der Waals surface area (Å²) in [5.74, 6) is 0.0841. The van der Waals surface area contributed by atoms with E-state index < -0.39 is 5.60 Å². The fourth-order valence-electron chi connectivity index (χ4n) is 4.19. The van der Waals surface area contributed by atoms with Gasteiger partial charge < -0.3 is 14.8 Å². The normalized spacial score (nSPS) is 40.1. The topological polar surface area (TPSA) is 64.6 Å². The summed E-state index contributed by atoms with van der Waals surface area (Å²) in [5, 5.41) is 3.08. The van der Waals surface area contributed by atoms with Gasteiger partial charge in [0, 0.05) is 12.8 Å². The SMILES string of the molecule is CCNC(C)C(=O)OC12CC3CC(C1)OC(=O)C(C3)C2. The minimum absolute atomic E-state index is 0.0593. The molecule has 4 bridgehead atoms. The Balaban J connectivity index is 1.75. The fourth-order valence-corrected chi connectivity index (χ4v) is 4.19. The van der Waals surface area contributed by atoms with Crippen molar-refractivity contribution in [1.29, 1.82) is 0 Å². The van der Waals surface area contributed by atoms with E-state index in [1.54, 1.807) is 0 Å². The molecule has 1 N–H and O–H groups in total. The van der Waals surface area contributed by atoms with Gasteiger partial charge in [0.05, 0.1) is 5.92 Å². The lowest BCUT2D eigenvalue weighted by Crippen LogP contribution is -2.50. The van der Waals surface area contributed by atoms with Gasteiger partial charge in [-0.2, -0.15) is 0 Å². The molecule has 4 aliphatic rings. The number of carbonyl (C=O) groups excluding carboxylic acids is 2. The van der Waals surface area contributed by atoms with Crippen LogP contribution in [0.4, 0.5) is 0 Å². The van der Waals surface area contributed by atoms with Crippen LogP contribution in [0, 0.1) is 11.8 Å². The van der Waals surface area contributed by atoms with Crippen LogP contribution < -0.4 is 5.32 Å². The monoisotopic (exact) mass is 281 g/mol. The molecule has 4 fully saturated rings. The molecule has 5 nitrogen and oxygen atoms in total. The van der Waals surface area contributed by atoms with Crippen molar-refractivity contribution >= 4 is 11.9 Å². The first-order valence-corrected chi connectivity index (χ1v) is 7.68. The number of fused-ring (bicyclic) bond motifs is 1. The van der Waals surface area contributed by atoms with Crippen molar-refractivity contribution in [3.63, 3.8) is 0 Å². The van der Waals surface area contributed by atoms with Crippen LogP contribution in [0.1, 0.15) is 46.0 Å². The van der Waals surface area contributed by atoms with Crippen LogP contribution in [-0.4, -0.2) is 36.2 Å². The van der Waals surface area contributed by atoms with Crippen LogP contribution in [-0.2, 0) is 19.1 Å². The van der Waals surface area contributed by atoms with Gasteiger partial charge >= 0.3 is 11.9 Å². The summed E-state index contributed by atoms with van der Waals surface area (Å²) in [5.41, 5.74) is -0.469. The van der Waals surface area contributed by atoms with Gasteiger partial charge in [-0.1, -0.05) is 6.92 Å². The van der Waals surface area contributed by atoms with Crippen molar-refractivity contribution in [2.45, 2.75) is 63.7 Å². The lowest BCUT2D eigenvalue weighted by Gasteiger charge is -2.45. The minimum Gasteiger partial charge on any atom is -0.462 e. The van der Waals surface area contributed by atoms with Gasteiger partial charge in [-0.25, -0.2) is 0 Å². The second kappa shape index (κ2) is 5.02. The Morgan fingerprint density at radius 2 is 2.25 bits per heavy atom. The molecule has 0 radical (unpaired) electrons. The molecule has 2 aliphatic heterocycles. The quantitative estimate of drug-likeness (QED) is 0.789. The number of hydrogen-bond donors (Lipinski definition) is 1. The van der Waals surface area contributed by atoms with Gasteiger partial charge in [-0.3, -0.25) is 9.59 Å². The van der Waals surface area contributed by atoms with E-state index in [9.17, 15) is 9.59 Å². The van der Waals surface area contributed by atoms with Crippen molar-refractivity contribution in [2.24, 2.45) is 11.8 Å². The summed E-state index contributed by atoms with van der Waals surface area (Å²) in [6.45, 7) is 4.52. The van der Waals surface area contributed by atoms with Crippen LogP contribution >= 0.6 is 0 Å². The highest BCUT2D eigenvalue weighted by atomic mass is 16.6. The van der Waals surface area contributed by atoms with Gasteiger partial charge in [0.1, 0.15) is 17.7 Å². The number of carbonyl (C=O) groups is 2. The van der Waals surface area contributed by atoms with E-state index in [0.29, 0.717) is 18.8 Å². The standard InChI is InChI=1S/C15H23NO4/c1-3-16-9(2)13(17)20-15-6-10-4-11(7-15)14(18)19-12(5-10)8-15/h9-12,16H,3-8H2,1-2H3. The Labute approximate surface area is 119 Å². The van der Waals surface area contributed by atoms with Crippen LogP contribution in [0.2, 0.25) is 0 Å². The minimum atomic E-state index is -0.469. The molecule has 112 valence electrons. The van der Waals surface area contributed by atoms with Gasteiger partial charge in [0.25, 0.3) is 0 Å². The van der Waals surface area contributed by atoms with Crippen molar-refractivity contribution in [2.75, 3.05) is 6.54 Å². The third kappa shape index (κ3) is 2.43. The van der Waals surface area contributed by atoms with Crippen molar-refractivity contribution < 1.29 is 19.1 Å². The van der Waals surface area contributed by atoms with E-state index in [2.05, 4.69) is 5.32 Å². The zero-order chi connectivity index (χ0) is 14.3. The molecule has 0 aromatic rings. The number of ether oxygens (including phenoxy) is 2. The summed E-state index contributed by atoms with van der Waals surface area (Å²) < 4.78 is 11.4. The Hall–Kier alpha value is -1.10. The largest absolute Gasteiger partial charge is 0.462 e. The summed E-state index contributed by atoms with van der Waals surface area (Å²) in [6, 6.07) is -0.300. The van der Waals surface area contributed by atoms with E-state index in [1.165, 1.54) is 0 Å². The average Bonchev–Trinajstić information content (AvgIpc) is 2.52. The highest BCUT2D eigenvalue weighted by Crippen LogP contribution is 2.51. The van der Waals surface area contributed by atoms with Crippen LogP contribution in [0.25, 0.3) is 0 Å². The second-order valence-electron chi connectivity index (χ2n) is 6.59. The molecule has 0 spiro atoms. The molecule has 2 saturated carbocycles. The first kappa shape index (κ1) is 13.9. The zero-order valence-corrected chi connectivity index (χ0v) is 12.2. The molecule has 2 aliphatic carbocycles. The molecule has 4 rings (SSSR count). The molecule has 0 aromatic carbocycles. The Bertz CT molecular complexity index is 424. The molecule has 0 aromatic heterocycles. The lowest BCUT2D eigenvalue weighted by molar-refractivity contribution is -0.175. The molecular weight excluding hydrogens is 258 g/mol. The van der Waals surface area contributed by atoms with E-state index >= 15 is 0 Å². The Kier molecular flexibility index (Phi) is 3.48. The van der Waals surface area contributed by atoms with E-state index in [1.807, 2.05) is 13.8 Å². The molecule has 5 unspecified atom stereocenters. The summed E-state index contributed by atoms with van der Waals surface area (Å²) in [6.07, 6.45) is 3.99. The van der Waals surface area contributed by atoms with Gasteiger partial charge in [-0.05, 0) is 38.6 Å². The zero-order valence-electron chi connectivity index (χ0n) is 12.2. The predicted molar refractivity (Wildman–Crippen MR) is 71.9 cm³/mol. The molecule has 2 heterocycles. The average molecular weight is 281 g/mol. The van der Waals surface area contributed by atoms with Crippen molar-refractivity contribution in [3.05, 3.63) is 0 Å². The van der Waals surface area contributed by atoms with E-state index in [4.69, 9.17) is 9.47 Å². The highest BCUT2D eigenvalue weighted by Gasteiger charge is 2.54. The number of nitrogens with one attached hydrogen (secondary N) is 1. The highest BCUT2D eigenvalue weighted by molar-refractivity contribution is 5.77. The lowest BCUT2D eigenvalue weighted by atomic mass is 9.65. The molecular formula is C15H23NO4. The summed E-state index contributed by atoms with van der Waals surface area (Å²) in [4.78, 5) is 24.2. The second-order valence-corrected chi connectivity index (χ2v) is 6.59. The maximum absolute atomic E-state index is 12.2. The third-order valence-electron chi connectivity index (χ3n) is 4.89. The summed E-state index contributed by atoms with van der Waals surface area (Å²) in [7, 11) is 0. The number of likely N-dealkylation sites (N-methyl/N-ethyl adjacent to an activating group) is 1. The Morgan fingerprint density at radius 1 is 1.45 bits per heavy atom. The maximum atomic E-state index is 12.2. The third-order valence-corrected chi connectivity index (χ3v) is 4.89. The van der Waals surface area contributed by atoms with E-state index in [-0.39, 0.29) is 30.0 Å². The van der Waals surface area contributed by atoms with Crippen LogP contribution in [0.15, 0.2) is 0 Å². The Morgan fingerprint density at radius 3 is 3.00 bits per heavy atom. The smallest absolute Gasteiger partial charge is 0.323 e. The van der Waals surface area contributed by atoms with Crippen molar-refractivity contribution in [3.8, 4) is 0 Å².